The Labute approximate surface area is 296 Å². The van der Waals surface area contributed by atoms with Gasteiger partial charge in [0.05, 0.1) is 0 Å². The van der Waals surface area contributed by atoms with Gasteiger partial charge in [0.2, 0.25) is 0 Å². The lowest BCUT2D eigenvalue weighted by Gasteiger charge is -2.28. The molecule has 51 heavy (non-hydrogen) atoms. The fourth-order valence-corrected chi connectivity index (χ4v) is 10.2. The second-order valence-electron chi connectivity index (χ2n) is 15.5. The van der Waals surface area contributed by atoms with Gasteiger partial charge in [0, 0.05) is 16.2 Å². The summed E-state index contributed by atoms with van der Waals surface area (Å²) in [6.45, 7) is 4.87. The zero-order chi connectivity index (χ0) is 33.6. The molecule has 240 valence electrons. The lowest BCUT2D eigenvalue weighted by molar-refractivity contribution is 0.662. The quantitative estimate of drug-likeness (QED) is 0.181. The molecular weight excluding hydrogens is 617 g/mol. The molecule has 0 saturated heterocycles. The van der Waals surface area contributed by atoms with Crippen molar-refractivity contribution in [3.8, 4) is 33.4 Å². The van der Waals surface area contributed by atoms with Crippen molar-refractivity contribution in [3.63, 3.8) is 0 Å². The van der Waals surface area contributed by atoms with Crippen LogP contribution in [-0.2, 0) is 5.41 Å². The molecule has 0 N–H and O–H groups in total. The number of rotatable bonds is 2. The van der Waals surface area contributed by atoms with E-state index in [2.05, 4.69) is 159 Å². The van der Waals surface area contributed by atoms with Gasteiger partial charge in [-0.05, 0) is 124 Å². The molecule has 1 heteroatoms. The highest BCUT2D eigenvalue weighted by molar-refractivity contribution is 6.20. The SMILES string of the molecule is CC1(C)c2ccc3ccccc3c2-c2cccc(-c3c4c(c(-c5ccc6oc7ccc8ccccc8c7c6c5)c5ccccc35)C=CC3CC43)c21. The predicted octanol–water partition coefficient (Wildman–Crippen LogP) is 13.8. The number of fused-ring (bicyclic) bond motifs is 14. The van der Waals surface area contributed by atoms with Gasteiger partial charge in [0.1, 0.15) is 11.2 Å². The van der Waals surface area contributed by atoms with E-state index < -0.39 is 0 Å². The molecule has 12 rings (SSSR count). The molecule has 2 atom stereocenters. The minimum atomic E-state index is -0.137. The van der Waals surface area contributed by atoms with E-state index >= 15 is 0 Å². The number of allylic oxidation sites excluding steroid dienone is 1. The van der Waals surface area contributed by atoms with E-state index in [1.807, 2.05) is 0 Å². The van der Waals surface area contributed by atoms with Crippen LogP contribution in [0.25, 0.3) is 93.7 Å². The molecule has 1 aromatic heterocycles. The first-order chi connectivity index (χ1) is 25.1. The Morgan fingerprint density at radius 3 is 2.06 bits per heavy atom. The Kier molecular flexibility index (Phi) is 5.27. The smallest absolute Gasteiger partial charge is 0.136 e. The molecule has 0 spiro atoms. The van der Waals surface area contributed by atoms with E-state index in [1.165, 1.54) is 105 Å². The number of hydrogen-bond donors (Lipinski definition) is 0. The van der Waals surface area contributed by atoms with Crippen LogP contribution < -0.4 is 0 Å². The maximum atomic E-state index is 6.45. The summed E-state index contributed by atoms with van der Waals surface area (Å²) in [5.41, 5.74) is 15.7. The summed E-state index contributed by atoms with van der Waals surface area (Å²) in [4.78, 5) is 0. The summed E-state index contributed by atoms with van der Waals surface area (Å²) >= 11 is 0. The first-order valence-electron chi connectivity index (χ1n) is 18.3. The highest BCUT2D eigenvalue weighted by atomic mass is 16.3. The zero-order valence-electron chi connectivity index (χ0n) is 28.6. The first-order valence-corrected chi connectivity index (χ1v) is 18.3. The highest BCUT2D eigenvalue weighted by Gasteiger charge is 2.45. The van der Waals surface area contributed by atoms with Crippen molar-refractivity contribution >= 4 is 60.3 Å². The van der Waals surface area contributed by atoms with Crippen molar-refractivity contribution in [2.45, 2.75) is 31.6 Å². The van der Waals surface area contributed by atoms with Crippen molar-refractivity contribution in [3.05, 3.63) is 162 Å². The van der Waals surface area contributed by atoms with Crippen LogP contribution >= 0.6 is 0 Å². The molecule has 0 amide bonds. The summed E-state index contributed by atoms with van der Waals surface area (Å²) < 4.78 is 6.45. The third-order valence-electron chi connectivity index (χ3n) is 12.5. The largest absolute Gasteiger partial charge is 0.456 e. The lowest BCUT2D eigenvalue weighted by Crippen LogP contribution is -2.17. The monoisotopic (exact) mass is 650 g/mol. The molecule has 8 aromatic carbocycles. The van der Waals surface area contributed by atoms with Gasteiger partial charge in [-0.3, -0.25) is 0 Å². The van der Waals surface area contributed by atoms with Crippen LogP contribution in [-0.4, -0.2) is 0 Å². The normalized spacial score (nSPS) is 18.0. The summed E-state index contributed by atoms with van der Waals surface area (Å²) in [6, 6.07) is 49.7. The van der Waals surface area contributed by atoms with E-state index in [4.69, 9.17) is 4.42 Å². The topological polar surface area (TPSA) is 13.1 Å². The van der Waals surface area contributed by atoms with Crippen molar-refractivity contribution < 1.29 is 4.42 Å². The van der Waals surface area contributed by atoms with E-state index in [0.717, 1.165) is 11.2 Å². The minimum absolute atomic E-state index is 0.137. The van der Waals surface area contributed by atoms with Gasteiger partial charge in [-0.1, -0.05) is 141 Å². The van der Waals surface area contributed by atoms with Gasteiger partial charge in [-0.25, -0.2) is 0 Å². The molecule has 2 unspecified atom stereocenters. The van der Waals surface area contributed by atoms with E-state index in [0.29, 0.717) is 11.8 Å². The van der Waals surface area contributed by atoms with Crippen LogP contribution in [0.1, 0.15) is 48.4 Å². The van der Waals surface area contributed by atoms with Crippen LogP contribution in [0.4, 0.5) is 0 Å². The maximum absolute atomic E-state index is 6.45. The van der Waals surface area contributed by atoms with E-state index in [1.54, 1.807) is 0 Å². The Balaban J connectivity index is 1.17. The van der Waals surface area contributed by atoms with Gasteiger partial charge in [-0.2, -0.15) is 0 Å². The van der Waals surface area contributed by atoms with Crippen molar-refractivity contribution in [2.24, 2.45) is 5.92 Å². The van der Waals surface area contributed by atoms with Crippen molar-refractivity contribution in [1.82, 2.24) is 0 Å². The average molecular weight is 651 g/mol. The molecule has 1 nitrogen and oxygen atoms in total. The fourth-order valence-electron chi connectivity index (χ4n) is 10.2. The van der Waals surface area contributed by atoms with Crippen molar-refractivity contribution in [2.75, 3.05) is 0 Å². The second kappa shape index (κ2) is 9.65. The minimum Gasteiger partial charge on any atom is -0.456 e. The first kappa shape index (κ1) is 27.9. The standard InChI is InChI=1S/C50H34O/c1-50(2)41-23-19-28-10-3-5-12-32(28)45(41)37-16-9-17-38(49(37)50)47-35-15-8-7-14-34(35)44(36-22-18-30-26-39(30)48(36)47)31-21-24-42-40(27-31)46-33-13-6-4-11-29(33)20-25-43(46)51-42/h3-25,27,30,39H,26H2,1-2H3. The number of benzene rings is 8. The average Bonchev–Trinajstić information content (AvgIpc) is 3.81. The molecule has 0 radical (unpaired) electrons. The van der Waals surface area contributed by atoms with Crippen LogP contribution in [0, 0.1) is 5.92 Å². The Morgan fingerprint density at radius 1 is 0.569 bits per heavy atom. The number of furan rings is 1. The van der Waals surface area contributed by atoms with Gasteiger partial charge in [0.25, 0.3) is 0 Å². The summed E-state index contributed by atoms with van der Waals surface area (Å²) in [5, 5.41) is 10.2. The Morgan fingerprint density at radius 2 is 1.24 bits per heavy atom. The number of hydrogen-bond acceptors (Lipinski definition) is 1. The van der Waals surface area contributed by atoms with E-state index in [9.17, 15) is 0 Å². The molecule has 3 aliphatic rings. The fraction of sp³-hybridized carbons (Fsp3) is 0.120. The van der Waals surface area contributed by atoms with Gasteiger partial charge in [-0.15, -0.1) is 0 Å². The second-order valence-corrected chi connectivity index (χ2v) is 15.5. The summed E-state index contributed by atoms with van der Waals surface area (Å²) in [7, 11) is 0. The predicted molar refractivity (Wildman–Crippen MR) is 215 cm³/mol. The van der Waals surface area contributed by atoms with Crippen LogP contribution in [0.3, 0.4) is 0 Å². The van der Waals surface area contributed by atoms with Crippen molar-refractivity contribution in [1.29, 1.82) is 0 Å². The van der Waals surface area contributed by atoms with Gasteiger partial charge in [0.15, 0.2) is 0 Å². The Bertz CT molecular complexity index is 3040. The molecule has 0 bridgehead atoms. The van der Waals surface area contributed by atoms with E-state index in [-0.39, 0.29) is 5.41 Å². The van der Waals surface area contributed by atoms with Crippen LogP contribution in [0.5, 0.6) is 0 Å². The van der Waals surface area contributed by atoms with Crippen LogP contribution in [0.2, 0.25) is 0 Å². The van der Waals surface area contributed by atoms with Gasteiger partial charge >= 0.3 is 0 Å². The summed E-state index contributed by atoms with van der Waals surface area (Å²) in [6.07, 6.45) is 6.16. The highest BCUT2D eigenvalue weighted by Crippen LogP contribution is 2.61. The molecule has 1 saturated carbocycles. The third-order valence-corrected chi connectivity index (χ3v) is 12.5. The Hall–Kier alpha value is -5.92. The molecular formula is C50H34O. The zero-order valence-corrected chi connectivity index (χ0v) is 28.6. The molecule has 1 fully saturated rings. The lowest BCUT2D eigenvalue weighted by atomic mass is 9.74. The third kappa shape index (κ3) is 3.61. The molecule has 3 aliphatic carbocycles. The maximum Gasteiger partial charge on any atom is 0.136 e. The van der Waals surface area contributed by atoms with Gasteiger partial charge < -0.3 is 4.42 Å². The molecule has 0 aliphatic heterocycles. The summed E-state index contributed by atoms with van der Waals surface area (Å²) in [5.74, 6) is 1.15. The molecule has 9 aromatic rings. The molecule has 1 heterocycles. The van der Waals surface area contributed by atoms with Crippen LogP contribution in [0.15, 0.2) is 144 Å².